The molecule has 4 heterocycles. The van der Waals surface area contributed by atoms with Gasteiger partial charge in [-0.3, -0.25) is 9.69 Å². The second-order valence-electron chi connectivity index (χ2n) is 6.97. The first kappa shape index (κ1) is 15.9. The number of piperidine rings is 3. The summed E-state index contributed by atoms with van der Waals surface area (Å²) in [6.45, 7) is 4.48. The molecule has 5 heteroatoms. The fourth-order valence-electron chi connectivity index (χ4n) is 4.09. The minimum atomic E-state index is -0.148. The van der Waals surface area contributed by atoms with Crippen molar-refractivity contribution in [2.45, 2.75) is 31.8 Å². The zero-order valence-corrected chi connectivity index (χ0v) is 14.2. The second-order valence-corrected chi connectivity index (χ2v) is 6.97. The van der Waals surface area contributed by atoms with E-state index in [1.165, 1.54) is 0 Å². The Labute approximate surface area is 147 Å². The molecule has 5 nitrogen and oxygen atoms in total. The normalized spacial score (nSPS) is 27.7. The molecular formula is C20H21N3O2. The minimum Gasteiger partial charge on any atom is -0.451 e. The van der Waals surface area contributed by atoms with Crippen LogP contribution in [-0.2, 0) is 0 Å². The Morgan fingerprint density at radius 1 is 1.20 bits per heavy atom. The molecule has 0 spiro atoms. The number of amides is 1. The molecule has 3 aliphatic rings. The van der Waals surface area contributed by atoms with E-state index in [4.69, 9.17) is 9.68 Å². The SMILES string of the molecule is C[C@H]1[C@H](NC(=O)c2ccc(-c3ccc(C#N)cc3)o2)C2CCN1CC2. The van der Waals surface area contributed by atoms with E-state index in [1.807, 2.05) is 12.1 Å². The number of carbonyl (C=O) groups excluding carboxylic acids is 1. The van der Waals surface area contributed by atoms with E-state index in [-0.39, 0.29) is 11.9 Å². The highest BCUT2D eigenvalue weighted by molar-refractivity contribution is 5.92. The van der Waals surface area contributed by atoms with Crippen molar-refractivity contribution >= 4 is 5.91 Å². The van der Waals surface area contributed by atoms with Gasteiger partial charge in [-0.15, -0.1) is 0 Å². The first-order valence-corrected chi connectivity index (χ1v) is 8.81. The number of hydrogen-bond donors (Lipinski definition) is 1. The topological polar surface area (TPSA) is 69.3 Å². The number of benzene rings is 1. The van der Waals surface area contributed by atoms with Crippen molar-refractivity contribution in [1.29, 1.82) is 5.26 Å². The molecule has 2 aromatic rings. The molecule has 3 saturated heterocycles. The van der Waals surface area contributed by atoms with Crippen LogP contribution in [0.15, 0.2) is 40.8 Å². The standard InChI is InChI=1S/C20H21N3O2/c1-13-19(16-8-10-23(13)11-9-16)22-20(24)18-7-6-17(25-18)15-4-2-14(12-21)3-5-15/h2-7,13,16,19H,8-11H2,1H3,(H,22,24)/t13-,19-/m0/s1. The Balaban J connectivity index is 1.48. The summed E-state index contributed by atoms with van der Waals surface area (Å²) in [7, 11) is 0. The van der Waals surface area contributed by atoms with Crippen molar-refractivity contribution in [2.75, 3.05) is 13.1 Å². The van der Waals surface area contributed by atoms with Gasteiger partial charge in [-0.1, -0.05) is 0 Å². The monoisotopic (exact) mass is 335 g/mol. The predicted molar refractivity (Wildman–Crippen MR) is 93.9 cm³/mol. The summed E-state index contributed by atoms with van der Waals surface area (Å²) in [6, 6.07) is 13.3. The van der Waals surface area contributed by atoms with Gasteiger partial charge in [-0.05, 0) is 75.2 Å². The molecule has 25 heavy (non-hydrogen) atoms. The van der Waals surface area contributed by atoms with Gasteiger partial charge in [0.15, 0.2) is 5.76 Å². The molecule has 0 aliphatic carbocycles. The molecule has 2 bridgehead atoms. The van der Waals surface area contributed by atoms with Gasteiger partial charge < -0.3 is 9.73 Å². The van der Waals surface area contributed by atoms with Gasteiger partial charge >= 0.3 is 0 Å². The Morgan fingerprint density at radius 2 is 1.92 bits per heavy atom. The van der Waals surface area contributed by atoms with Gasteiger partial charge in [0, 0.05) is 17.6 Å². The predicted octanol–water partition coefficient (Wildman–Crippen LogP) is 3.03. The van der Waals surface area contributed by atoms with E-state index >= 15 is 0 Å². The van der Waals surface area contributed by atoms with Gasteiger partial charge in [-0.2, -0.15) is 5.26 Å². The van der Waals surface area contributed by atoms with Crippen LogP contribution in [-0.4, -0.2) is 36.0 Å². The van der Waals surface area contributed by atoms with E-state index < -0.39 is 0 Å². The summed E-state index contributed by atoms with van der Waals surface area (Å²) in [5.41, 5.74) is 1.46. The van der Waals surface area contributed by atoms with Crippen LogP contribution < -0.4 is 5.32 Å². The van der Waals surface area contributed by atoms with Crippen LogP contribution in [0.5, 0.6) is 0 Å². The van der Waals surface area contributed by atoms with Gasteiger partial charge in [0.2, 0.25) is 0 Å². The average Bonchev–Trinajstić information content (AvgIpc) is 3.15. The van der Waals surface area contributed by atoms with Crippen molar-refractivity contribution in [3.63, 3.8) is 0 Å². The molecule has 0 unspecified atom stereocenters. The molecule has 128 valence electrons. The van der Waals surface area contributed by atoms with Crippen LogP contribution in [0.3, 0.4) is 0 Å². The lowest BCUT2D eigenvalue weighted by molar-refractivity contribution is 0.0211. The Kier molecular flexibility index (Phi) is 4.06. The molecule has 1 aromatic carbocycles. The number of hydrogen-bond acceptors (Lipinski definition) is 4. The Hall–Kier alpha value is -2.58. The Morgan fingerprint density at radius 3 is 2.56 bits per heavy atom. The van der Waals surface area contributed by atoms with Crippen molar-refractivity contribution in [2.24, 2.45) is 5.92 Å². The number of nitrogens with zero attached hydrogens (tertiary/aromatic N) is 2. The average molecular weight is 335 g/mol. The van der Waals surface area contributed by atoms with E-state index in [0.717, 1.165) is 31.5 Å². The maximum Gasteiger partial charge on any atom is 0.287 e. The number of fused-ring (bicyclic) bond motifs is 3. The van der Waals surface area contributed by atoms with Crippen LogP contribution >= 0.6 is 0 Å². The summed E-state index contributed by atoms with van der Waals surface area (Å²) < 4.78 is 5.75. The van der Waals surface area contributed by atoms with Crippen molar-refractivity contribution < 1.29 is 9.21 Å². The summed E-state index contributed by atoms with van der Waals surface area (Å²) in [5.74, 6) is 1.39. The van der Waals surface area contributed by atoms with E-state index in [2.05, 4.69) is 23.2 Å². The van der Waals surface area contributed by atoms with E-state index in [0.29, 0.717) is 29.0 Å². The van der Waals surface area contributed by atoms with Crippen LogP contribution in [0.25, 0.3) is 11.3 Å². The van der Waals surface area contributed by atoms with Gasteiger partial charge in [0.05, 0.1) is 11.6 Å². The quantitative estimate of drug-likeness (QED) is 0.936. The molecule has 1 amide bonds. The largest absolute Gasteiger partial charge is 0.451 e. The van der Waals surface area contributed by atoms with Crippen molar-refractivity contribution in [3.8, 4) is 17.4 Å². The first-order chi connectivity index (χ1) is 12.2. The lowest BCUT2D eigenvalue weighted by atomic mass is 9.79. The summed E-state index contributed by atoms with van der Waals surface area (Å²) in [4.78, 5) is 15.1. The molecule has 3 aliphatic heterocycles. The highest BCUT2D eigenvalue weighted by Crippen LogP contribution is 2.32. The Bertz CT molecular complexity index is 808. The minimum absolute atomic E-state index is 0.148. The number of nitrogens with one attached hydrogen (secondary N) is 1. The molecule has 0 saturated carbocycles. The third-order valence-electron chi connectivity index (χ3n) is 5.60. The van der Waals surface area contributed by atoms with Crippen LogP contribution in [0, 0.1) is 17.2 Å². The first-order valence-electron chi connectivity index (χ1n) is 8.81. The highest BCUT2D eigenvalue weighted by Gasteiger charge is 2.40. The zero-order valence-electron chi connectivity index (χ0n) is 14.2. The molecule has 2 atom stereocenters. The van der Waals surface area contributed by atoms with Crippen molar-refractivity contribution in [3.05, 3.63) is 47.7 Å². The smallest absolute Gasteiger partial charge is 0.287 e. The molecule has 0 radical (unpaired) electrons. The molecule has 1 N–H and O–H groups in total. The van der Waals surface area contributed by atoms with E-state index in [1.54, 1.807) is 24.3 Å². The molecular weight excluding hydrogens is 314 g/mol. The van der Waals surface area contributed by atoms with Crippen LogP contribution in [0.4, 0.5) is 0 Å². The maximum absolute atomic E-state index is 12.6. The zero-order chi connectivity index (χ0) is 17.4. The third kappa shape index (κ3) is 2.94. The van der Waals surface area contributed by atoms with Gasteiger partial charge in [-0.25, -0.2) is 0 Å². The van der Waals surface area contributed by atoms with Gasteiger partial charge in [0.1, 0.15) is 5.76 Å². The summed E-state index contributed by atoms with van der Waals surface area (Å²) >= 11 is 0. The lowest BCUT2D eigenvalue weighted by Crippen LogP contribution is -2.62. The van der Waals surface area contributed by atoms with Crippen LogP contribution in [0.1, 0.15) is 35.9 Å². The second kappa shape index (κ2) is 6.38. The maximum atomic E-state index is 12.6. The highest BCUT2D eigenvalue weighted by atomic mass is 16.3. The number of carbonyl (C=O) groups is 1. The number of rotatable bonds is 3. The van der Waals surface area contributed by atoms with Crippen molar-refractivity contribution in [1.82, 2.24) is 10.2 Å². The third-order valence-corrected chi connectivity index (χ3v) is 5.60. The lowest BCUT2D eigenvalue weighted by Gasteiger charge is -2.49. The fourth-order valence-corrected chi connectivity index (χ4v) is 4.09. The summed E-state index contributed by atoms with van der Waals surface area (Å²) in [5, 5.41) is 12.1. The summed E-state index contributed by atoms with van der Waals surface area (Å²) in [6.07, 6.45) is 2.31. The fraction of sp³-hybridized carbons (Fsp3) is 0.400. The molecule has 5 rings (SSSR count). The molecule has 3 fully saturated rings. The van der Waals surface area contributed by atoms with Gasteiger partial charge in [0.25, 0.3) is 5.91 Å². The van der Waals surface area contributed by atoms with Crippen LogP contribution in [0.2, 0.25) is 0 Å². The number of nitriles is 1. The molecule has 1 aromatic heterocycles. The van der Waals surface area contributed by atoms with E-state index in [9.17, 15) is 4.79 Å². The number of furan rings is 1.